The van der Waals surface area contributed by atoms with E-state index in [1.54, 1.807) is 11.3 Å². The van der Waals surface area contributed by atoms with Crippen LogP contribution in [0.5, 0.6) is 0 Å². The fourth-order valence-corrected chi connectivity index (χ4v) is 4.92. The first kappa shape index (κ1) is 18.8. The number of aromatic nitrogens is 1. The van der Waals surface area contributed by atoms with Gasteiger partial charge < -0.3 is 10.1 Å². The number of carbonyl (C=O) groups excluding carboxylic acids is 2. The molecule has 0 saturated carbocycles. The summed E-state index contributed by atoms with van der Waals surface area (Å²) in [5.41, 5.74) is 4.16. The summed E-state index contributed by atoms with van der Waals surface area (Å²) in [7, 11) is 0. The quantitative estimate of drug-likeness (QED) is 0.618. The Morgan fingerprint density at radius 1 is 1.21 bits per heavy atom. The van der Waals surface area contributed by atoms with Gasteiger partial charge in [-0.2, -0.15) is 11.3 Å². The van der Waals surface area contributed by atoms with Gasteiger partial charge in [-0.25, -0.2) is 4.98 Å². The molecule has 0 bridgehead atoms. The predicted molar refractivity (Wildman–Crippen MR) is 110 cm³/mol. The number of rotatable bonds is 6. The van der Waals surface area contributed by atoms with Crippen molar-refractivity contribution in [1.29, 1.82) is 0 Å². The van der Waals surface area contributed by atoms with Crippen LogP contribution in [0, 0.1) is 0 Å². The first-order chi connectivity index (χ1) is 13.7. The van der Waals surface area contributed by atoms with Gasteiger partial charge in [0.05, 0.1) is 18.2 Å². The number of nitrogens with zero attached hydrogens (tertiary/aromatic N) is 1. The van der Waals surface area contributed by atoms with E-state index in [0.29, 0.717) is 5.69 Å². The molecule has 0 saturated heterocycles. The van der Waals surface area contributed by atoms with Crippen LogP contribution in [0.4, 0.5) is 0 Å². The van der Waals surface area contributed by atoms with Gasteiger partial charge in [0.2, 0.25) is 0 Å². The zero-order chi connectivity index (χ0) is 19.3. The molecule has 1 amide bonds. The van der Waals surface area contributed by atoms with Crippen molar-refractivity contribution >= 4 is 34.6 Å². The van der Waals surface area contributed by atoms with Gasteiger partial charge in [0, 0.05) is 16.3 Å². The van der Waals surface area contributed by atoms with Crippen LogP contribution in [-0.2, 0) is 27.2 Å². The summed E-state index contributed by atoms with van der Waals surface area (Å²) in [6, 6.07) is 10.2. The number of nitrogens with one attached hydrogen (secondary N) is 1. The van der Waals surface area contributed by atoms with Crippen LogP contribution in [0.2, 0.25) is 0 Å². The summed E-state index contributed by atoms with van der Waals surface area (Å²) in [4.78, 5) is 28.8. The maximum Gasteiger partial charge on any atom is 0.312 e. The van der Waals surface area contributed by atoms with Crippen LogP contribution in [0.3, 0.4) is 0 Å². The highest BCUT2D eigenvalue weighted by Crippen LogP contribution is 2.29. The maximum absolute atomic E-state index is 12.2. The first-order valence-electron chi connectivity index (χ1n) is 9.19. The molecule has 28 heavy (non-hydrogen) atoms. The van der Waals surface area contributed by atoms with Gasteiger partial charge in [-0.3, -0.25) is 9.59 Å². The molecule has 1 aliphatic rings. The number of aryl methyl sites for hydroxylation is 1. The maximum atomic E-state index is 12.2. The molecule has 1 aliphatic carbocycles. The van der Waals surface area contributed by atoms with E-state index in [9.17, 15) is 9.59 Å². The molecule has 5 nitrogen and oxygen atoms in total. The largest absolute Gasteiger partial charge is 0.455 e. The lowest BCUT2D eigenvalue weighted by Gasteiger charge is -2.26. The number of ether oxygens (including phenoxy) is 1. The zero-order valence-electron chi connectivity index (χ0n) is 15.2. The highest BCUT2D eigenvalue weighted by Gasteiger charge is 2.22. The van der Waals surface area contributed by atoms with E-state index in [0.717, 1.165) is 35.4 Å². The second-order valence-corrected chi connectivity index (χ2v) is 8.34. The summed E-state index contributed by atoms with van der Waals surface area (Å²) in [6.45, 7) is -0.265. The van der Waals surface area contributed by atoms with E-state index in [2.05, 4.69) is 22.4 Å². The lowest BCUT2D eigenvalue weighted by molar-refractivity contribution is -0.148. The fourth-order valence-electron chi connectivity index (χ4n) is 3.39. The molecule has 3 aromatic rings. The van der Waals surface area contributed by atoms with E-state index >= 15 is 0 Å². The van der Waals surface area contributed by atoms with Crippen molar-refractivity contribution in [2.45, 2.75) is 31.7 Å². The summed E-state index contributed by atoms with van der Waals surface area (Å²) in [5, 5.41) is 9.75. The highest BCUT2D eigenvalue weighted by molar-refractivity contribution is 7.14. The number of fused-ring (bicyclic) bond motifs is 1. The summed E-state index contributed by atoms with van der Waals surface area (Å²) >= 11 is 3.11. The van der Waals surface area contributed by atoms with Crippen molar-refractivity contribution in [2.24, 2.45) is 0 Å². The second-order valence-electron chi connectivity index (χ2n) is 6.70. The summed E-state index contributed by atoms with van der Waals surface area (Å²) in [5.74, 6) is -0.714. The van der Waals surface area contributed by atoms with Crippen LogP contribution >= 0.6 is 22.7 Å². The Bertz CT molecular complexity index is 966. The number of hydrogen-bond acceptors (Lipinski definition) is 6. The Morgan fingerprint density at radius 2 is 2.11 bits per heavy atom. The number of thiophene rings is 1. The zero-order valence-corrected chi connectivity index (χ0v) is 16.9. The Hall–Kier alpha value is -2.51. The average Bonchev–Trinajstić information content (AvgIpc) is 3.38. The Morgan fingerprint density at radius 3 is 2.96 bits per heavy atom. The number of carbonyl (C=O) groups is 2. The third-order valence-corrected chi connectivity index (χ3v) is 6.34. The minimum Gasteiger partial charge on any atom is -0.455 e. The minimum absolute atomic E-state index is 0.0112. The molecule has 1 N–H and O–H groups in total. The van der Waals surface area contributed by atoms with Gasteiger partial charge >= 0.3 is 5.97 Å². The van der Waals surface area contributed by atoms with E-state index in [1.807, 2.05) is 34.3 Å². The van der Waals surface area contributed by atoms with Crippen molar-refractivity contribution in [3.63, 3.8) is 0 Å². The molecular formula is C21H20N2O3S2. The van der Waals surface area contributed by atoms with Crippen LogP contribution in [-0.4, -0.2) is 23.5 Å². The first-order valence-corrected chi connectivity index (χ1v) is 11.0. The smallest absolute Gasteiger partial charge is 0.312 e. The molecule has 0 fully saturated rings. The van der Waals surface area contributed by atoms with Gasteiger partial charge in [0.15, 0.2) is 6.61 Å². The summed E-state index contributed by atoms with van der Waals surface area (Å²) < 4.78 is 5.15. The van der Waals surface area contributed by atoms with Crippen LogP contribution in [0.15, 0.2) is 46.5 Å². The molecule has 7 heteroatoms. The normalized spacial score (nSPS) is 15.6. The third kappa shape index (κ3) is 4.48. The third-order valence-electron chi connectivity index (χ3n) is 4.71. The molecule has 0 spiro atoms. The van der Waals surface area contributed by atoms with Crippen molar-refractivity contribution in [3.05, 3.63) is 63.3 Å². The van der Waals surface area contributed by atoms with Crippen LogP contribution < -0.4 is 5.32 Å². The van der Waals surface area contributed by atoms with Gasteiger partial charge in [-0.15, -0.1) is 11.3 Å². The van der Waals surface area contributed by atoms with E-state index in [-0.39, 0.29) is 25.0 Å². The number of amides is 1. The number of thiazole rings is 1. The van der Waals surface area contributed by atoms with Crippen LogP contribution in [0.1, 0.15) is 35.7 Å². The average molecular weight is 413 g/mol. The van der Waals surface area contributed by atoms with E-state index < -0.39 is 5.97 Å². The molecule has 2 heterocycles. The summed E-state index contributed by atoms with van der Waals surface area (Å²) in [6.07, 6.45) is 3.05. The van der Waals surface area contributed by atoms with Crippen LogP contribution in [0.25, 0.3) is 10.6 Å². The molecule has 144 valence electrons. The number of esters is 1. The van der Waals surface area contributed by atoms with Gasteiger partial charge in [-0.05, 0) is 41.8 Å². The molecule has 0 aliphatic heterocycles. The standard InChI is InChI=1S/C21H20N2O3S2/c24-19(23-18-7-3-5-14-4-1-2-6-17(14)18)11-26-20(25)10-16-13-28-21(22-16)15-8-9-27-12-15/h1-2,4,6,8-9,12-13,18H,3,5,7,10-11H2,(H,23,24)/t18-/m1/s1. The minimum atomic E-state index is -0.443. The van der Waals surface area contributed by atoms with Gasteiger partial charge in [0.1, 0.15) is 5.01 Å². The Balaban J connectivity index is 1.27. The Labute approximate surface area is 171 Å². The number of benzene rings is 1. The van der Waals surface area contributed by atoms with Crippen molar-refractivity contribution < 1.29 is 14.3 Å². The molecule has 0 radical (unpaired) electrons. The van der Waals surface area contributed by atoms with Gasteiger partial charge in [-0.1, -0.05) is 24.3 Å². The van der Waals surface area contributed by atoms with Crippen molar-refractivity contribution in [2.75, 3.05) is 6.61 Å². The number of hydrogen-bond donors (Lipinski definition) is 1. The lowest BCUT2D eigenvalue weighted by atomic mass is 9.88. The van der Waals surface area contributed by atoms with Crippen molar-refractivity contribution in [3.8, 4) is 10.6 Å². The van der Waals surface area contributed by atoms with Gasteiger partial charge in [0.25, 0.3) is 5.91 Å². The molecular weight excluding hydrogens is 392 g/mol. The highest BCUT2D eigenvalue weighted by atomic mass is 32.1. The molecule has 1 aromatic carbocycles. The molecule has 0 unspecified atom stereocenters. The topological polar surface area (TPSA) is 68.3 Å². The fraction of sp³-hybridized carbons (Fsp3) is 0.286. The van der Waals surface area contributed by atoms with E-state index in [4.69, 9.17) is 4.74 Å². The van der Waals surface area contributed by atoms with Crippen molar-refractivity contribution in [1.82, 2.24) is 10.3 Å². The predicted octanol–water partition coefficient (Wildman–Crippen LogP) is 4.15. The molecule has 1 atom stereocenters. The molecule has 4 rings (SSSR count). The molecule has 2 aromatic heterocycles. The lowest BCUT2D eigenvalue weighted by Crippen LogP contribution is -2.34. The second kappa shape index (κ2) is 8.67. The Kier molecular flexibility index (Phi) is 5.83. The SMILES string of the molecule is O=C(COC(=O)Cc1csc(-c2ccsc2)n1)N[C@@H]1CCCc2ccccc21. The monoisotopic (exact) mass is 412 g/mol. The van der Waals surface area contributed by atoms with E-state index in [1.165, 1.54) is 16.9 Å².